The predicted octanol–water partition coefficient (Wildman–Crippen LogP) is 0.477. The third kappa shape index (κ3) is 2.39. The zero-order valence-electron chi connectivity index (χ0n) is 8.21. The standard InChI is InChI=1S/C10H8BClN2O2/c12-10-5-7(1-3-14-10)9-6-8(11(15)16)2-4-13-9/h1-6,15-16H. The van der Waals surface area contributed by atoms with Gasteiger partial charge >= 0.3 is 7.12 Å². The van der Waals surface area contributed by atoms with E-state index < -0.39 is 7.12 Å². The maximum absolute atomic E-state index is 9.04. The normalized spacial score (nSPS) is 10.2. The molecule has 2 heterocycles. The molecule has 0 aromatic carbocycles. The summed E-state index contributed by atoms with van der Waals surface area (Å²) in [5.41, 5.74) is 1.79. The highest BCUT2D eigenvalue weighted by molar-refractivity contribution is 6.58. The highest BCUT2D eigenvalue weighted by Gasteiger charge is 2.12. The van der Waals surface area contributed by atoms with Crippen molar-refractivity contribution in [3.05, 3.63) is 41.8 Å². The van der Waals surface area contributed by atoms with Crippen LogP contribution in [0.3, 0.4) is 0 Å². The average molecular weight is 234 g/mol. The van der Waals surface area contributed by atoms with Crippen LogP contribution in [0.2, 0.25) is 5.15 Å². The van der Waals surface area contributed by atoms with Crippen LogP contribution in [-0.2, 0) is 0 Å². The Bertz CT molecular complexity index is 508. The molecule has 0 saturated carbocycles. The first kappa shape index (κ1) is 11.1. The SMILES string of the molecule is OB(O)c1ccnc(-c2ccnc(Cl)c2)c1. The predicted molar refractivity (Wildman–Crippen MR) is 62.3 cm³/mol. The van der Waals surface area contributed by atoms with Gasteiger partial charge in [-0.2, -0.15) is 0 Å². The lowest BCUT2D eigenvalue weighted by Gasteiger charge is -2.03. The highest BCUT2D eigenvalue weighted by atomic mass is 35.5. The summed E-state index contributed by atoms with van der Waals surface area (Å²) in [6.45, 7) is 0. The van der Waals surface area contributed by atoms with E-state index in [1.807, 2.05) is 0 Å². The molecule has 0 atom stereocenters. The van der Waals surface area contributed by atoms with Crippen molar-refractivity contribution in [3.63, 3.8) is 0 Å². The Morgan fingerprint density at radius 3 is 2.50 bits per heavy atom. The molecule has 0 spiro atoms. The van der Waals surface area contributed by atoms with Crippen molar-refractivity contribution in [2.24, 2.45) is 0 Å². The van der Waals surface area contributed by atoms with E-state index in [9.17, 15) is 0 Å². The second-order valence-electron chi connectivity index (χ2n) is 3.22. The molecular weight excluding hydrogens is 226 g/mol. The summed E-state index contributed by atoms with van der Waals surface area (Å²) < 4.78 is 0. The molecular formula is C10H8BClN2O2. The summed E-state index contributed by atoms with van der Waals surface area (Å²) in [5.74, 6) is 0. The van der Waals surface area contributed by atoms with Gasteiger partial charge in [-0.15, -0.1) is 0 Å². The zero-order valence-corrected chi connectivity index (χ0v) is 8.96. The minimum atomic E-state index is -1.50. The van der Waals surface area contributed by atoms with Gasteiger partial charge in [-0.05, 0) is 29.7 Å². The molecule has 0 saturated heterocycles. The van der Waals surface area contributed by atoms with Crippen molar-refractivity contribution in [1.29, 1.82) is 0 Å². The van der Waals surface area contributed by atoms with Crippen LogP contribution in [0.25, 0.3) is 11.3 Å². The molecule has 0 aliphatic rings. The molecule has 0 amide bonds. The molecule has 16 heavy (non-hydrogen) atoms. The van der Waals surface area contributed by atoms with E-state index in [4.69, 9.17) is 21.6 Å². The van der Waals surface area contributed by atoms with Gasteiger partial charge in [0.2, 0.25) is 0 Å². The van der Waals surface area contributed by atoms with Crippen molar-refractivity contribution in [1.82, 2.24) is 9.97 Å². The lowest BCUT2D eigenvalue weighted by atomic mass is 9.80. The lowest BCUT2D eigenvalue weighted by Crippen LogP contribution is -2.29. The smallest absolute Gasteiger partial charge is 0.423 e. The van der Waals surface area contributed by atoms with E-state index in [0.29, 0.717) is 16.3 Å². The summed E-state index contributed by atoms with van der Waals surface area (Å²) in [7, 11) is -1.50. The number of pyridine rings is 2. The van der Waals surface area contributed by atoms with Gasteiger partial charge < -0.3 is 10.0 Å². The van der Waals surface area contributed by atoms with Gasteiger partial charge in [-0.3, -0.25) is 4.98 Å². The van der Waals surface area contributed by atoms with Crippen molar-refractivity contribution in [2.45, 2.75) is 0 Å². The number of hydrogen-bond acceptors (Lipinski definition) is 4. The summed E-state index contributed by atoms with van der Waals surface area (Å²) in [6, 6.07) is 6.55. The Morgan fingerprint density at radius 1 is 1.06 bits per heavy atom. The zero-order chi connectivity index (χ0) is 11.5. The fourth-order valence-corrected chi connectivity index (χ4v) is 1.50. The van der Waals surface area contributed by atoms with Crippen LogP contribution in [0.5, 0.6) is 0 Å². The Labute approximate surface area is 97.7 Å². The Hall–Kier alpha value is -1.43. The van der Waals surface area contributed by atoms with Gasteiger partial charge in [-0.1, -0.05) is 11.6 Å². The number of nitrogens with zero attached hydrogens (tertiary/aromatic N) is 2. The van der Waals surface area contributed by atoms with Gasteiger partial charge in [-0.25, -0.2) is 4.98 Å². The van der Waals surface area contributed by atoms with Crippen LogP contribution in [-0.4, -0.2) is 27.1 Å². The number of halogens is 1. The highest BCUT2D eigenvalue weighted by Crippen LogP contribution is 2.17. The van der Waals surface area contributed by atoms with Gasteiger partial charge in [0.15, 0.2) is 0 Å². The van der Waals surface area contributed by atoms with Gasteiger partial charge in [0.25, 0.3) is 0 Å². The molecule has 0 fully saturated rings. The van der Waals surface area contributed by atoms with Crippen molar-refractivity contribution < 1.29 is 10.0 Å². The minimum absolute atomic E-state index is 0.370. The minimum Gasteiger partial charge on any atom is -0.423 e. The molecule has 0 unspecified atom stereocenters. The number of aromatic nitrogens is 2. The van der Waals surface area contributed by atoms with E-state index >= 15 is 0 Å². The monoisotopic (exact) mass is 234 g/mol. The Balaban J connectivity index is 2.44. The van der Waals surface area contributed by atoms with Gasteiger partial charge in [0, 0.05) is 18.0 Å². The first-order valence-electron chi connectivity index (χ1n) is 4.61. The molecule has 4 nitrogen and oxygen atoms in total. The number of hydrogen-bond donors (Lipinski definition) is 2. The second kappa shape index (κ2) is 4.61. The van der Waals surface area contributed by atoms with Gasteiger partial charge in [0.1, 0.15) is 5.15 Å². The quantitative estimate of drug-likeness (QED) is 0.586. The van der Waals surface area contributed by atoms with Crippen LogP contribution in [0.1, 0.15) is 0 Å². The van der Waals surface area contributed by atoms with Crippen molar-refractivity contribution in [3.8, 4) is 11.3 Å². The first-order chi connectivity index (χ1) is 7.66. The first-order valence-corrected chi connectivity index (χ1v) is 4.98. The third-order valence-electron chi connectivity index (χ3n) is 2.10. The fraction of sp³-hybridized carbons (Fsp3) is 0. The Kier molecular flexibility index (Phi) is 3.19. The summed E-state index contributed by atoms with van der Waals surface area (Å²) >= 11 is 5.76. The van der Waals surface area contributed by atoms with E-state index in [1.54, 1.807) is 24.4 Å². The van der Waals surface area contributed by atoms with E-state index in [2.05, 4.69) is 9.97 Å². The second-order valence-corrected chi connectivity index (χ2v) is 3.60. The summed E-state index contributed by atoms with van der Waals surface area (Å²) in [4.78, 5) is 7.99. The molecule has 0 aliphatic heterocycles. The Morgan fingerprint density at radius 2 is 1.81 bits per heavy atom. The third-order valence-corrected chi connectivity index (χ3v) is 2.31. The molecule has 0 bridgehead atoms. The topological polar surface area (TPSA) is 66.2 Å². The maximum Gasteiger partial charge on any atom is 0.488 e. The van der Waals surface area contributed by atoms with Gasteiger partial charge in [0.05, 0.1) is 5.69 Å². The molecule has 80 valence electrons. The lowest BCUT2D eigenvalue weighted by molar-refractivity contribution is 0.425. The van der Waals surface area contributed by atoms with E-state index in [-0.39, 0.29) is 0 Å². The van der Waals surface area contributed by atoms with Crippen LogP contribution < -0.4 is 5.46 Å². The number of rotatable bonds is 2. The summed E-state index contributed by atoms with van der Waals surface area (Å²) in [6.07, 6.45) is 3.08. The van der Waals surface area contributed by atoms with E-state index in [0.717, 1.165) is 5.56 Å². The largest absolute Gasteiger partial charge is 0.488 e. The van der Waals surface area contributed by atoms with Crippen molar-refractivity contribution >= 4 is 24.2 Å². The molecule has 6 heteroatoms. The van der Waals surface area contributed by atoms with E-state index in [1.165, 1.54) is 12.3 Å². The average Bonchev–Trinajstić information content (AvgIpc) is 2.29. The maximum atomic E-state index is 9.04. The van der Waals surface area contributed by atoms with Crippen LogP contribution in [0.15, 0.2) is 36.7 Å². The van der Waals surface area contributed by atoms with Crippen molar-refractivity contribution in [2.75, 3.05) is 0 Å². The molecule has 2 aromatic rings. The summed E-state index contributed by atoms with van der Waals surface area (Å²) in [5, 5.41) is 18.4. The van der Waals surface area contributed by atoms with Crippen LogP contribution in [0.4, 0.5) is 0 Å². The molecule has 0 aliphatic carbocycles. The van der Waals surface area contributed by atoms with Crippen LogP contribution in [0, 0.1) is 0 Å². The molecule has 0 radical (unpaired) electrons. The molecule has 2 N–H and O–H groups in total. The fourth-order valence-electron chi connectivity index (χ4n) is 1.33. The molecule has 2 aromatic heterocycles. The molecule has 2 rings (SSSR count). The van der Waals surface area contributed by atoms with Crippen LogP contribution >= 0.6 is 11.6 Å².